The van der Waals surface area contributed by atoms with Crippen LogP contribution in [0.15, 0.2) is 22.9 Å². The molecule has 1 aromatic heterocycles. The van der Waals surface area contributed by atoms with Crippen LogP contribution in [0.4, 0.5) is 0 Å². The van der Waals surface area contributed by atoms with Crippen molar-refractivity contribution in [2.75, 3.05) is 6.26 Å². The lowest BCUT2D eigenvalue weighted by Crippen LogP contribution is -2.19. The van der Waals surface area contributed by atoms with Crippen LogP contribution in [-0.4, -0.2) is 15.4 Å². The van der Waals surface area contributed by atoms with Gasteiger partial charge in [0, 0.05) is 22.6 Å². The van der Waals surface area contributed by atoms with Gasteiger partial charge in [-0.05, 0) is 40.5 Å². The van der Waals surface area contributed by atoms with E-state index in [4.69, 9.17) is 4.11 Å². The predicted octanol–water partition coefficient (Wildman–Crippen LogP) is 1.79. The average Bonchev–Trinajstić information content (AvgIpc) is 2.12. The third-order valence-corrected chi connectivity index (χ3v) is 2.37. The minimum absolute atomic E-state index is 0.525. The number of halogens is 1. The molecule has 0 radical (unpaired) electrons. The van der Waals surface area contributed by atoms with Gasteiger partial charge in [0.05, 0.1) is 11.0 Å². The molecule has 0 fully saturated rings. The standard InChI is InChI=1S/C8H11BrN2OS/c1-6(11-13(2)12)7-3-4-10-8(9)5-7/h3-6,11H,1-2H3/t6-,13+/m0/s1/i1D3. The molecule has 2 atom stereocenters. The van der Waals surface area contributed by atoms with E-state index in [1.807, 2.05) is 0 Å². The van der Waals surface area contributed by atoms with E-state index in [9.17, 15) is 4.21 Å². The number of nitrogens with zero attached hydrogens (tertiary/aromatic N) is 1. The van der Waals surface area contributed by atoms with Crippen LogP contribution in [-0.2, 0) is 11.0 Å². The van der Waals surface area contributed by atoms with Gasteiger partial charge in [0.2, 0.25) is 0 Å². The first-order valence-electron chi connectivity index (χ1n) is 5.02. The van der Waals surface area contributed by atoms with Crippen LogP contribution < -0.4 is 4.72 Å². The van der Waals surface area contributed by atoms with Crippen molar-refractivity contribution < 1.29 is 8.32 Å². The van der Waals surface area contributed by atoms with Crippen LogP contribution in [0.5, 0.6) is 0 Å². The number of hydrogen-bond donors (Lipinski definition) is 1. The fraction of sp³-hybridized carbons (Fsp3) is 0.375. The molecule has 0 saturated carbocycles. The predicted molar refractivity (Wildman–Crippen MR) is 57.6 cm³/mol. The summed E-state index contributed by atoms with van der Waals surface area (Å²) >= 11 is 3.16. The van der Waals surface area contributed by atoms with Gasteiger partial charge in [-0.3, -0.25) is 0 Å². The SMILES string of the molecule is [2H]C([2H])([2H])[C@H](N[S@@](C)=O)c1ccnc(Br)c1. The molecule has 13 heavy (non-hydrogen) atoms. The highest BCUT2D eigenvalue weighted by molar-refractivity contribution is 9.10. The summed E-state index contributed by atoms with van der Waals surface area (Å²) in [5, 5.41) is 0. The second-order valence-electron chi connectivity index (χ2n) is 2.42. The van der Waals surface area contributed by atoms with Crippen molar-refractivity contribution in [3.05, 3.63) is 28.5 Å². The molecule has 0 aliphatic heterocycles. The molecular weight excluding hydrogens is 252 g/mol. The molecular formula is C8H11BrN2OS. The first-order valence-corrected chi connectivity index (χ1v) is 5.87. The van der Waals surface area contributed by atoms with Gasteiger partial charge in [-0.25, -0.2) is 13.9 Å². The number of nitrogens with one attached hydrogen (secondary N) is 1. The van der Waals surface area contributed by atoms with Gasteiger partial charge in [0.25, 0.3) is 0 Å². The summed E-state index contributed by atoms with van der Waals surface area (Å²) < 4.78 is 36.3. The Kier molecular flexibility index (Phi) is 2.63. The molecule has 0 saturated heterocycles. The largest absolute Gasteiger partial charge is 0.249 e. The van der Waals surface area contributed by atoms with Crippen molar-refractivity contribution >= 4 is 26.9 Å². The van der Waals surface area contributed by atoms with Crippen LogP contribution >= 0.6 is 15.9 Å². The summed E-state index contributed by atoms with van der Waals surface area (Å²) in [5.41, 5.74) is 0.525. The molecule has 5 heteroatoms. The minimum atomic E-state index is -2.26. The second kappa shape index (κ2) is 4.83. The Labute approximate surface area is 92.9 Å². The molecule has 3 nitrogen and oxygen atoms in total. The second-order valence-corrected chi connectivity index (χ2v) is 4.37. The molecule has 72 valence electrons. The van der Waals surface area contributed by atoms with Gasteiger partial charge in [-0.1, -0.05) is 0 Å². The van der Waals surface area contributed by atoms with Crippen molar-refractivity contribution in [1.29, 1.82) is 0 Å². The molecule has 0 unspecified atom stereocenters. The van der Waals surface area contributed by atoms with Gasteiger partial charge in [0.1, 0.15) is 4.60 Å². The van der Waals surface area contributed by atoms with E-state index in [0.717, 1.165) is 0 Å². The number of aromatic nitrogens is 1. The van der Waals surface area contributed by atoms with Crippen molar-refractivity contribution in [2.24, 2.45) is 0 Å². The Morgan fingerprint density at radius 1 is 1.85 bits per heavy atom. The lowest BCUT2D eigenvalue weighted by atomic mass is 10.1. The van der Waals surface area contributed by atoms with Crippen LogP contribution in [0.3, 0.4) is 0 Å². The molecule has 0 aliphatic rings. The zero-order chi connectivity index (χ0) is 12.3. The van der Waals surface area contributed by atoms with Crippen LogP contribution in [0.1, 0.15) is 22.6 Å². The molecule has 1 heterocycles. The fourth-order valence-electron chi connectivity index (χ4n) is 0.831. The third kappa shape index (κ3) is 3.54. The summed E-state index contributed by atoms with van der Waals surface area (Å²) in [6.45, 7) is -2.26. The normalized spacial score (nSPS) is 19.7. The van der Waals surface area contributed by atoms with Crippen LogP contribution in [0.25, 0.3) is 0 Å². The molecule has 0 aromatic carbocycles. The van der Waals surface area contributed by atoms with Gasteiger partial charge in [-0.15, -0.1) is 0 Å². The molecule has 1 aromatic rings. The highest BCUT2D eigenvalue weighted by atomic mass is 79.9. The van der Waals surface area contributed by atoms with E-state index in [2.05, 4.69) is 25.6 Å². The van der Waals surface area contributed by atoms with E-state index < -0.39 is 23.9 Å². The number of pyridine rings is 1. The average molecular weight is 266 g/mol. The van der Waals surface area contributed by atoms with Crippen molar-refractivity contribution in [3.63, 3.8) is 0 Å². The summed E-state index contributed by atoms with van der Waals surface area (Å²) in [7, 11) is -1.39. The molecule has 0 spiro atoms. The van der Waals surface area contributed by atoms with Gasteiger partial charge < -0.3 is 0 Å². The Morgan fingerprint density at radius 2 is 2.62 bits per heavy atom. The molecule has 0 aliphatic carbocycles. The smallest absolute Gasteiger partial charge is 0.106 e. The van der Waals surface area contributed by atoms with Crippen molar-refractivity contribution in [1.82, 2.24) is 9.71 Å². The number of hydrogen-bond acceptors (Lipinski definition) is 2. The molecule has 0 bridgehead atoms. The summed E-state index contributed by atoms with van der Waals surface area (Å²) in [6.07, 6.45) is 2.90. The Hall–Kier alpha value is -0.260. The minimum Gasteiger partial charge on any atom is -0.249 e. The summed E-state index contributed by atoms with van der Waals surface area (Å²) in [6, 6.07) is 2.22. The maximum Gasteiger partial charge on any atom is 0.106 e. The first-order chi connectivity index (χ1) is 7.30. The topological polar surface area (TPSA) is 42.0 Å². The molecule has 0 amide bonds. The Balaban J connectivity index is 3.06. The van der Waals surface area contributed by atoms with Gasteiger partial charge in [0.15, 0.2) is 0 Å². The van der Waals surface area contributed by atoms with E-state index >= 15 is 0 Å². The summed E-state index contributed by atoms with van der Waals surface area (Å²) in [4.78, 5) is 3.91. The maximum absolute atomic E-state index is 11.1. The summed E-state index contributed by atoms with van der Waals surface area (Å²) in [5.74, 6) is 0. The zero-order valence-corrected chi connectivity index (χ0v) is 9.35. The molecule has 1 N–H and O–H groups in total. The van der Waals surface area contributed by atoms with Crippen molar-refractivity contribution in [2.45, 2.75) is 12.9 Å². The third-order valence-electron chi connectivity index (χ3n) is 1.37. The van der Waals surface area contributed by atoms with E-state index in [1.54, 1.807) is 12.1 Å². The maximum atomic E-state index is 11.1. The van der Waals surface area contributed by atoms with E-state index in [-0.39, 0.29) is 0 Å². The van der Waals surface area contributed by atoms with E-state index in [1.165, 1.54) is 12.5 Å². The van der Waals surface area contributed by atoms with Crippen LogP contribution in [0.2, 0.25) is 0 Å². The zero-order valence-electron chi connectivity index (χ0n) is 9.95. The first kappa shape index (κ1) is 7.09. The fourth-order valence-corrected chi connectivity index (χ4v) is 1.68. The quantitative estimate of drug-likeness (QED) is 0.847. The van der Waals surface area contributed by atoms with E-state index in [0.29, 0.717) is 10.2 Å². The monoisotopic (exact) mass is 265 g/mol. The lowest BCUT2D eigenvalue weighted by molar-refractivity contribution is 0.655. The Morgan fingerprint density at radius 3 is 3.15 bits per heavy atom. The van der Waals surface area contributed by atoms with Crippen molar-refractivity contribution in [3.8, 4) is 0 Å². The van der Waals surface area contributed by atoms with Gasteiger partial charge in [-0.2, -0.15) is 0 Å². The van der Waals surface area contributed by atoms with Crippen LogP contribution in [0, 0.1) is 0 Å². The highest BCUT2D eigenvalue weighted by Crippen LogP contribution is 2.15. The lowest BCUT2D eigenvalue weighted by Gasteiger charge is -2.11. The van der Waals surface area contributed by atoms with Gasteiger partial charge >= 0.3 is 0 Å². The molecule has 1 rings (SSSR count). The highest BCUT2D eigenvalue weighted by Gasteiger charge is 2.06. The Bertz CT molecular complexity index is 399. The number of rotatable bonds is 3.